The summed E-state index contributed by atoms with van der Waals surface area (Å²) in [5.74, 6) is -0.0244. The van der Waals surface area contributed by atoms with Gasteiger partial charge in [0.15, 0.2) is 11.8 Å². The molecule has 1 aromatic carbocycles. The maximum atomic E-state index is 12.0. The summed E-state index contributed by atoms with van der Waals surface area (Å²) in [6.07, 6.45) is -0.319. The van der Waals surface area contributed by atoms with E-state index >= 15 is 0 Å². The van der Waals surface area contributed by atoms with Gasteiger partial charge < -0.3 is 29.2 Å². The second-order valence-corrected chi connectivity index (χ2v) is 8.95. The van der Waals surface area contributed by atoms with E-state index in [4.69, 9.17) is 25.8 Å². The van der Waals surface area contributed by atoms with Crippen LogP contribution in [-0.4, -0.2) is 82.6 Å². The zero-order chi connectivity index (χ0) is 23.1. The Hall–Kier alpha value is -2.72. The van der Waals surface area contributed by atoms with Crippen molar-refractivity contribution in [2.24, 2.45) is 0 Å². The molecule has 2 N–H and O–H groups in total. The van der Waals surface area contributed by atoms with Crippen molar-refractivity contribution in [3.63, 3.8) is 0 Å². The summed E-state index contributed by atoms with van der Waals surface area (Å²) in [6.45, 7) is 0.562. The number of carbonyl (C=O) groups excluding carboxylic acids is 1. The molecular weight excluding hydrogens is 448 g/mol. The molecule has 9 nitrogen and oxygen atoms in total. The molecule has 4 heterocycles. The lowest BCUT2D eigenvalue weighted by Crippen LogP contribution is -2.34. The topological polar surface area (TPSA) is 110 Å². The summed E-state index contributed by atoms with van der Waals surface area (Å²) in [5.41, 5.74) is 3.67. The van der Waals surface area contributed by atoms with Gasteiger partial charge in [-0.3, -0.25) is 4.79 Å². The fourth-order valence-electron chi connectivity index (χ4n) is 4.19. The Bertz CT molecular complexity index is 1170. The first-order valence-corrected chi connectivity index (χ1v) is 11.2. The summed E-state index contributed by atoms with van der Waals surface area (Å²) in [7, 11) is 3.47. The third-order valence-corrected chi connectivity index (χ3v) is 6.31. The SMILES string of the molecule is CN(C)C(=O)c1ccc(CCc2nc3nc(O[C@@H]4CO[C@H]5[C@@H]4OC[C@H]5O)[nH]c3cc2Cl)cc1. The van der Waals surface area contributed by atoms with Crippen LogP contribution in [0.4, 0.5) is 0 Å². The average Bonchev–Trinajstić information content (AvgIpc) is 3.49. The highest BCUT2D eigenvalue weighted by molar-refractivity contribution is 6.31. The van der Waals surface area contributed by atoms with Gasteiger partial charge >= 0.3 is 0 Å². The standard InChI is InChI=1S/C23H25ClN4O5/c1-28(2)22(30)13-6-3-12(4-7-13)5-8-15-14(24)9-16-21(25-15)27-23(26-16)33-18-11-32-19-17(29)10-31-20(18)19/h3-4,6-7,9,17-20,29H,5,8,10-11H2,1-2H3,(H,25,26,27)/t17-,18-,19-,20-/m1/s1. The molecule has 0 saturated carbocycles. The minimum absolute atomic E-state index is 0.0244. The van der Waals surface area contributed by atoms with Gasteiger partial charge in [0, 0.05) is 19.7 Å². The number of carbonyl (C=O) groups is 1. The van der Waals surface area contributed by atoms with E-state index in [0.717, 1.165) is 17.7 Å². The van der Waals surface area contributed by atoms with E-state index in [1.807, 2.05) is 24.3 Å². The number of pyridine rings is 1. The quantitative estimate of drug-likeness (QED) is 0.564. The molecule has 10 heteroatoms. The molecular formula is C23H25ClN4O5. The fraction of sp³-hybridized carbons (Fsp3) is 0.435. The number of ether oxygens (including phenoxy) is 3. The molecule has 4 atom stereocenters. The molecule has 174 valence electrons. The lowest BCUT2D eigenvalue weighted by molar-refractivity contribution is 0.00706. The molecule has 3 aromatic rings. The summed E-state index contributed by atoms with van der Waals surface area (Å²) in [5, 5.41) is 10.4. The third kappa shape index (κ3) is 4.41. The van der Waals surface area contributed by atoms with Gasteiger partial charge in [-0.05, 0) is 36.6 Å². The molecule has 0 spiro atoms. The van der Waals surface area contributed by atoms with E-state index in [1.165, 1.54) is 0 Å². The van der Waals surface area contributed by atoms with Gasteiger partial charge in [0.1, 0.15) is 18.3 Å². The molecule has 5 rings (SSSR count). The highest BCUT2D eigenvalue weighted by atomic mass is 35.5. The molecule has 2 aromatic heterocycles. The Morgan fingerprint density at radius 2 is 1.94 bits per heavy atom. The number of aryl methyl sites for hydroxylation is 2. The zero-order valence-corrected chi connectivity index (χ0v) is 19.1. The number of hydrogen-bond donors (Lipinski definition) is 2. The minimum atomic E-state index is -0.632. The van der Waals surface area contributed by atoms with Gasteiger partial charge in [-0.1, -0.05) is 23.7 Å². The van der Waals surface area contributed by atoms with Crippen LogP contribution in [-0.2, 0) is 22.3 Å². The van der Waals surface area contributed by atoms with Crippen molar-refractivity contribution >= 4 is 28.7 Å². The van der Waals surface area contributed by atoms with E-state index in [1.54, 1.807) is 25.1 Å². The summed E-state index contributed by atoms with van der Waals surface area (Å²) in [4.78, 5) is 25.7. The van der Waals surface area contributed by atoms with Crippen molar-refractivity contribution in [2.45, 2.75) is 37.3 Å². The second-order valence-electron chi connectivity index (χ2n) is 8.55. The van der Waals surface area contributed by atoms with Crippen LogP contribution in [0, 0.1) is 0 Å². The first-order chi connectivity index (χ1) is 15.9. The van der Waals surface area contributed by atoms with Crippen LogP contribution in [0.2, 0.25) is 5.02 Å². The molecule has 0 aliphatic carbocycles. The first kappa shape index (κ1) is 22.1. The average molecular weight is 473 g/mol. The molecule has 1 amide bonds. The molecule has 2 aliphatic heterocycles. The lowest BCUT2D eigenvalue weighted by atomic mass is 10.1. The van der Waals surface area contributed by atoms with Crippen LogP contribution >= 0.6 is 11.6 Å². The largest absolute Gasteiger partial charge is 0.456 e. The number of aromatic amines is 1. The van der Waals surface area contributed by atoms with Crippen LogP contribution in [0.15, 0.2) is 30.3 Å². The Morgan fingerprint density at radius 1 is 1.18 bits per heavy atom. The van der Waals surface area contributed by atoms with Crippen molar-refractivity contribution in [1.82, 2.24) is 19.9 Å². The predicted octanol–water partition coefficient (Wildman–Crippen LogP) is 2.00. The van der Waals surface area contributed by atoms with Crippen molar-refractivity contribution in [3.8, 4) is 6.01 Å². The number of H-pyrrole nitrogens is 1. The van der Waals surface area contributed by atoms with Gasteiger partial charge in [-0.15, -0.1) is 0 Å². The number of hydrogen-bond acceptors (Lipinski definition) is 7. The maximum Gasteiger partial charge on any atom is 0.296 e. The second kappa shape index (κ2) is 8.90. The maximum absolute atomic E-state index is 12.0. The van der Waals surface area contributed by atoms with E-state index in [9.17, 15) is 9.90 Å². The molecule has 2 fully saturated rings. The number of aliphatic hydroxyl groups is 1. The van der Waals surface area contributed by atoms with E-state index in [2.05, 4.69) is 15.0 Å². The van der Waals surface area contributed by atoms with Crippen molar-refractivity contribution in [3.05, 3.63) is 52.2 Å². The number of nitrogens with one attached hydrogen (secondary N) is 1. The van der Waals surface area contributed by atoms with Gasteiger partial charge in [-0.2, -0.15) is 4.98 Å². The van der Waals surface area contributed by atoms with Crippen LogP contribution in [0.1, 0.15) is 21.6 Å². The smallest absolute Gasteiger partial charge is 0.296 e. The minimum Gasteiger partial charge on any atom is -0.456 e. The van der Waals surface area contributed by atoms with E-state index in [-0.39, 0.29) is 30.8 Å². The summed E-state index contributed by atoms with van der Waals surface area (Å²) < 4.78 is 17.1. The van der Waals surface area contributed by atoms with Crippen molar-refractivity contribution in [1.29, 1.82) is 0 Å². The monoisotopic (exact) mass is 472 g/mol. The highest BCUT2D eigenvalue weighted by Gasteiger charge is 2.48. The molecule has 0 radical (unpaired) electrons. The zero-order valence-electron chi connectivity index (χ0n) is 18.3. The van der Waals surface area contributed by atoms with Crippen LogP contribution in [0.5, 0.6) is 6.01 Å². The number of benzene rings is 1. The van der Waals surface area contributed by atoms with Crippen LogP contribution in [0.25, 0.3) is 11.2 Å². The Labute approximate surface area is 195 Å². The number of nitrogens with zero attached hydrogens (tertiary/aromatic N) is 3. The molecule has 2 aliphatic rings. The number of aromatic nitrogens is 3. The van der Waals surface area contributed by atoms with Crippen LogP contribution in [0.3, 0.4) is 0 Å². The number of aliphatic hydroxyl groups excluding tert-OH is 1. The fourth-order valence-corrected chi connectivity index (χ4v) is 4.43. The summed E-state index contributed by atoms with van der Waals surface area (Å²) >= 11 is 6.47. The molecule has 0 unspecified atom stereocenters. The molecule has 2 saturated heterocycles. The number of halogens is 1. The van der Waals surface area contributed by atoms with Crippen molar-refractivity contribution < 1.29 is 24.1 Å². The van der Waals surface area contributed by atoms with Crippen LogP contribution < -0.4 is 4.74 Å². The van der Waals surface area contributed by atoms with E-state index in [0.29, 0.717) is 40.8 Å². The number of fused-ring (bicyclic) bond motifs is 2. The van der Waals surface area contributed by atoms with E-state index < -0.39 is 6.10 Å². The highest BCUT2D eigenvalue weighted by Crippen LogP contribution is 2.30. The number of imidazole rings is 1. The van der Waals surface area contributed by atoms with Crippen molar-refractivity contribution in [2.75, 3.05) is 27.3 Å². The van der Waals surface area contributed by atoms with Gasteiger partial charge in [0.05, 0.1) is 29.4 Å². The van der Waals surface area contributed by atoms with Gasteiger partial charge in [0.2, 0.25) is 0 Å². The molecule has 0 bridgehead atoms. The Morgan fingerprint density at radius 3 is 2.70 bits per heavy atom. The lowest BCUT2D eigenvalue weighted by Gasteiger charge is -2.15. The third-order valence-electron chi connectivity index (χ3n) is 5.98. The number of amides is 1. The Kier molecular flexibility index (Phi) is 5.96. The summed E-state index contributed by atoms with van der Waals surface area (Å²) in [6, 6.07) is 9.66. The van der Waals surface area contributed by atoms with Gasteiger partial charge in [-0.25, -0.2) is 4.98 Å². The molecule has 33 heavy (non-hydrogen) atoms. The van der Waals surface area contributed by atoms with Gasteiger partial charge in [0.25, 0.3) is 11.9 Å². The predicted molar refractivity (Wildman–Crippen MR) is 121 cm³/mol. The Balaban J connectivity index is 1.26. The normalized spacial score (nSPS) is 24.2. The number of rotatable bonds is 6. The first-order valence-electron chi connectivity index (χ1n) is 10.8.